The third-order valence-electron chi connectivity index (χ3n) is 0.981. The van der Waals surface area contributed by atoms with Crippen LogP contribution < -0.4 is 0 Å². The minimum atomic E-state index is -0.384. The van der Waals surface area contributed by atoms with Crippen molar-refractivity contribution in [2.45, 2.75) is 6.10 Å². The normalized spacial score (nSPS) is 20.6. The average molecular weight is 170 g/mol. The van der Waals surface area contributed by atoms with E-state index in [1.807, 2.05) is 0 Å². The zero-order valence-electron chi connectivity index (χ0n) is 5.00. The summed E-state index contributed by atoms with van der Waals surface area (Å²) in [4.78, 5) is 10.3. The molecule has 1 aliphatic rings. The maximum atomic E-state index is 10.3. The van der Waals surface area contributed by atoms with Crippen LogP contribution >= 0.6 is 0 Å². The van der Waals surface area contributed by atoms with Gasteiger partial charge in [0, 0.05) is 6.08 Å². The van der Waals surface area contributed by atoms with E-state index in [2.05, 4.69) is 11.3 Å². The van der Waals surface area contributed by atoms with Gasteiger partial charge < -0.3 is 9.47 Å². The van der Waals surface area contributed by atoms with Crippen molar-refractivity contribution < 1.29 is 14.3 Å². The van der Waals surface area contributed by atoms with Crippen molar-refractivity contribution in [2.75, 3.05) is 13.2 Å². The molecule has 3 nitrogen and oxygen atoms in total. The Hall–Kier alpha value is 0.430. The summed E-state index contributed by atoms with van der Waals surface area (Å²) in [6, 6.07) is 0. The van der Waals surface area contributed by atoms with Crippen LogP contribution in [0.25, 0.3) is 0 Å². The predicted octanol–water partition coefficient (Wildman–Crippen LogP) is -0.802. The van der Waals surface area contributed by atoms with E-state index in [-0.39, 0.29) is 49.8 Å². The van der Waals surface area contributed by atoms with Crippen LogP contribution in [0, 0.1) is 0 Å². The first-order chi connectivity index (χ1) is 4.33. The third-order valence-corrected chi connectivity index (χ3v) is 0.981. The van der Waals surface area contributed by atoms with Gasteiger partial charge in [0.05, 0.1) is 6.61 Å². The van der Waals surface area contributed by atoms with Crippen LogP contribution in [0.15, 0.2) is 12.7 Å². The fourth-order valence-corrected chi connectivity index (χ4v) is 0.398. The second-order valence-corrected chi connectivity index (χ2v) is 1.79. The SMILES string of the molecule is C=CC(=O)OCC1CO1.[CaH2]. The number of hydrogen-bond donors (Lipinski definition) is 0. The van der Waals surface area contributed by atoms with Crippen molar-refractivity contribution in [3.05, 3.63) is 12.7 Å². The quantitative estimate of drug-likeness (QED) is 0.241. The van der Waals surface area contributed by atoms with E-state index in [9.17, 15) is 4.79 Å². The molecule has 0 aliphatic carbocycles. The molecule has 1 unspecified atom stereocenters. The molecule has 1 fully saturated rings. The van der Waals surface area contributed by atoms with E-state index in [1.165, 1.54) is 0 Å². The molecule has 1 saturated heterocycles. The van der Waals surface area contributed by atoms with Gasteiger partial charge in [-0.1, -0.05) is 6.58 Å². The number of hydrogen-bond acceptors (Lipinski definition) is 3. The van der Waals surface area contributed by atoms with E-state index in [1.54, 1.807) is 0 Å². The van der Waals surface area contributed by atoms with Gasteiger partial charge in [0.25, 0.3) is 0 Å². The molecule has 4 heteroatoms. The van der Waals surface area contributed by atoms with Crippen LogP contribution in [0.2, 0.25) is 0 Å². The molecule has 0 aromatic heterocycles. The van der Waals surface area contributed by atoms with Gasteiger partial charge in [0.15, 0.2) is 0 Å². The van der Waals surface area contributed by atoms with Crippen LogP contribution in [-0.4, -0.2) is 63.0 Å². The Labute approximate surface area is 89.4 Å². The Morgan fingerprint density at radius 1 is 1.90 bits per heavy atom. The summed E-state index contributed by atoms with van der Waals surface area (Å²) in [7, 11) is 0. The first kappa shape index (κ1) is 10.4. The number of ether oxygens (including phenoxy) is 2. The Bertz CT molecular complexity index is 131. The van der Waals surface area contributed by atoms with Crippen molar-refractivity contribution in [3.63, 3.8) is 0 Å². The molecule has 0 amide bonds. The second kappa shape index (κ2) is 5.13. The van der Waals surface area contributed by atoms with Gasteiger partial charge in [-0.25, -0.2) is 4.79 Å². The molecule has 1 rings (SSSR count). The predicted molar refractivity (Wildman–Crippen MR) is 39.4 cm³/mol. The molecule has 0 radical (unpaired) electrons. The van der Waals surface area contributed by atoms with Crippen molar-refractivity contribution in [2.24, 2.45) is 0 Å². The van der Waals surface area contributed by atoms with Crippen molar-refractivity contribution in [1.82, 2.24) is 0 Å². The Kier molecular flexibility index (Phi) is 5.35. The topological polar surface area (TPSA) is 38.8 Å². The molecule has 0 spiro atoms. The summed E-state index contributed by atoms with van der Waals surface area (Å²) in [5.41, 5.74) is 0. The van der Waals surface area contributed by atoms with E-state index in [0.29, 0.717) is 13.2 Å². The molecule has 0 aromatic rings. The Morgan fingerprint density at radius 2 is 2.50 bits per heavy atom. The molecule has 54 valence electrons. The number of rotatable bonds is 3. The molecule has 0 aromatic carbocycles. The van der Waals surface area contributed by atoms with E-state index in [4.69, 9.17) is 4.74 Å². The summed E-state index contributed by atoms with van der Waals surface area (Å²) in [5, 5.41) is 0. The van der Waals surface area contributed by atoms with Gasteiger partial charge in [0.2, 0.25) is 0 Å². The third kappa shape index (κ3) is 4.28. The fraction of sp³-hybridized carbons (Fsp3) is 0.500. The first-order valence-corrected chi connectivity index (χ1v) is 2.73. The van der Waals surface area contributed by atoms with Crippen LogP contribution in [0.5, 0.6) is 0 Å². The summed E-state index contributed by atoms with van der Waals surface area (Å²) >= 11 is 0. The standard InChI is InChI=1S/C6H8O3.Ca.2H/c1-2-6(7)9-4-5-3-8-5;;;/h2,5H,1,3-4H2;;;. The molecular weight excluding hydrogens is 160 g/mol. The zero-order chi connectivity index (χ0) is 6.69. The minimum absolute atomic E-state index is 0. The van der Waals surface area contributed by atoms with Crippen molar-refractivity contribution in [3.8, 4) is 0 Å². The molecule has 0 saturated carbocycles. The van der Waals surface area contributed by atoms with E-state index in [0.717, 1.165) is 6.08 Å². The van der Waals surface area contributed by atoms with Crippen LogP contribution in [0.3, 0.4) is 0 Å². The molecule has 0 bridgehead atoms. The summed E-state index contributed by atoms with van der Waals surface area (Å²) < 4.78 is 9.42. The van der Waals surface area contributed by atoms with E-state index >= 15 is 0 Å². The van der Waals surface area contributed by atoms with Crippen LogP contribution in [-0.2, 0) is 14.3 Å². The van der Waals surface area contributed by atoms with Gasteiger partial charge in [0.1, 0.15) is 12.7 Å². The van der Waals surface area contributed by atoms with Crippen molar-refractivity contribution in [1.29, 1.82) is 0 Å². The van der Waals surface area contributed by atoms with Gasteiger partial charge in [-0.2, -0.15) is 0 Å². The van der Waals surface area contributed by atoms with E-state index < -0.39 is 0 Å². The van der Waals surface area contributed by atoms with Gasteiger partial charge in [-0.3, -0.25) is 0 Å². The second-order valence-electron chi connectivity index (χ2n) is 1.79. The average Bonchev–Trinajstić information content (AvgIpc) is 2.65. The molecular formula is C6H10CaO3. The van der Waals surface area contributed by atoms with Crippen LogP contribution in [0.4, 0.5) is 0 Å². The monoisotopic (exact) mass is 170 g/mol. The number of carbonyl (C=O) groups is 1. The van der Waals surface area contributed by atoms with Gasteiger partial charge in [-0.05, 0) is 0 Å². The molecule has 10 heavy (non-hydrogen) atoms. The molecule has 0 N–H and O–H groups in total. The van der Waals surface area contributed by atoms with Crippen LogP contribution in [0.1, 0.15) is 0 Å². The Balaban J connectivity index is 0.000000810. The fourth-order valence-electron chi connectivity index (χ4n) is 0.398. The number of carbonyl (C=O) groups excluding carboxylic acids is 1. The van der Waals surface area contributed by atoms with Crippen molar-refractivity contribution >= 4 is 43.7 Å². The first-order valence-electron chi connectivity index (χ1n) is 2.73. The number of esters is 1. The maximum absolute atomic E-state index is 10.3. The zero-order valence-corrected chi connectivity index (χ0v) is 5.00. The summed E-state index contributed by atoms with van der Waals surface area (Å²) in [6.07, 6.45) is 1.29. The summed E-state index contributed by atoms with van der Waals surface area (Å²) in [5.74, 6) is -0.384. The summed E-state index contributed by atoms with van der Waals surface area (Å²) in [6.45, 7) is 4.32. The van der Waals surface area contributed by atoms with Gasteiger partial charge in [-0.15, -0.1) is 0 Å². The molecule has 1 atom stereocenters. The molecule has 1 aliphatic heterocycles. The van der Waals surface area contributed by atoms with Gasteiger partial charge >= 0.3 is 43.7 Å². The molecule has 1 heterocycles. The Morgan fingerprint density at radius 3 is 2.90 bits per heavy atom. The number of epoxide rings is 1.